The Morgan fingerprint density at radius 1 is 1.20 bits per heavy atom. The fourth-order valence-corrected chi connectivity index (χ4v) is 8.55. The average molecular weight is 605 g/mol. The molecule has 2 aromatic rings. The number of methoxy groups -OCH3 is 1. The number of ether oxygens (including phenoxy) is 2. The minimum absolute atomic E-state index is 0.0295. The van der Waals surface area contributed by atoms with E-state index in [1.165, 1.54) is 60.6 Å². The highest BCUT2D eigenvalue weighted by molar-refractivity contribution is 7.89. The summed E-state index contributed by atoms with van der Waals surface area (Å²) >= 11 is 0. The topological polar surface area (TPSA) is 113 Å². The highest BCUT2D eigenvalue weighted by Gasteiger charge is 2.39. The second-order valence-corrected chi connectivity index (χ2v) is 14.9. The van der Waals surface area contributed by atoms with Crippen LogP contribution >= 0.6 is 0 Å². The molecule has 1 aliphatic carbocycles. The molecule has 1 saturated carbocycles. The maximum atomic E-state index is 13.7. The molecule has 4 rings (SSSR count). The van der Waals surface area contributed by atoms with Gasteiger partial charge in [-0.25, -0.2) is 16.8 Å². The van der Waals surface area contributed by atoms with Crippen LogP contribution < -0.4 is 9.47 Å². The summed E-state index contributed by atoms with van der Waals surface area (Å²) in [4.78, 5) is -0.00638. The molecule has 1 fully saturated rings. The highest BCUT2D eigenvalue weighted by atomic mass is 32.2. The minimum Gasteiger partial charge on any atom is -0.495 e. The van der Waals surface area contributed by atoms with Crippen LogP contribution in [0.4, 0.5) is 0 Å². The predicted octanol–water partition coefficient (Wildman–Crippen LogP) is 3.72. The first-order valence-electron chi connectivity index (χ1n) is 14.0. The van der Waals surface area contributed by atoms with Gasteiger partial charge in [0.1, 0.15) is 27.4 Å². The molecule has 0 bridgehead atoms. The van der Waals surface area contributed by atoms with Crippen LogP contribution in [0.2, 0.25) is 0 Å². The van der Waals surface area contributed by atoms with E-state index in [0.29, 0.717) is 11.5 Å². The van der Waals surface area contributed by atoms with Crippen molar-refractivity contribution < 1.29 is 31.4 Å². The first-order valence-corrected chi connectivity index (χ1v) is 16.9. The number of para-hydroxylation sites is 1. The Labute approximate surface area is 244 Å². The number of likely N-dealkylation sites (N-methyl/N-ethyl adjacent to an activating group) is 1. The summed E-state index contributed by atoms with van der Waals surface area (Å²) in [7, 11) is -5.09. The minimum atomic E-state index is -4.02. The van der Waals surface area contributed by atoms with Crippen molar-refractivity contribution in [3.63, 3.8) is 0 Å². The van der Waals surface area contributed by atoms with E-state index in [0.717, 1.165) is 6.42 Å². The molecule has 0 saturated heterocycles. The number of rotatable bonds is 8. The quantitative estimate of drug-likeness (QED) is 0.457. The molecule has 41 heavy (non-hydrogen) atoms. The SMILES string of the molecule is COc1ccccc1S(=O)(=O)N(C)C[C@H]1Oc2cc(C#CCC3CCCC3)ccc2S(=O)(=O)N([C@@H](C)CO)C[C@H]1C. The predicted molar refractivity (Wildman–Crippen MR) is 157 cm³/mol. The van der Waals surface area contributed by atoms with Crippen LogP contribution in [0.1, 0.15) is 51.5 Å². The van der Waals surface area contributed by atoms with E-state index in [1.807, 2.05) is 6.92 Å². The summed E-state index contributed by atoms with van der Waals surface area (Å²) in [5.74, 6) is 6.92. The second-order valence-electron chi connectivity index (χ2n) is 11.0. The van der Waals surface area contributed by atoms with Gasteiger partial charge in [-0.05, 0) is 56.0 Å². The van der Waals surface area contributed by atoms with Gasteiger partial charge in [0.2, 0.25) is 20.0 Å². The molecular weight excluding hydrogens is 564 g/mol. The van der Waals surface area contributed by atoms with Crippen LogP contribution in [0.15, 0.2) is 52.3 Å². The van der Waals surface area contributed by atoms with E-state index in [9.17, 15) is 21.9 Å². The number of hydrogen-bond acceptors (Lipinski definition) is 7. The van der Waals surface area contributed by atoms with Gasteiger partial charge in [0.25, 0.3) is 0 Å². The van der Waals surface area contributed by atoms with Crippen LogP contribution in [0.5, 0.6) is 11.5 Å². The van der Waals surface area contributed by atoms with E-state index < -0.39 is 38.1 Å². The molecular formula is C30H40N2O7S2. The van der Waals surface area contributed by atoms with Gasteiger partial charge in [-0.1, -0.05) is 43.7 Å². The lowest BCUT2D eigenvalue weighted by Gasteiger charge is -2.37. The van der Waals surface area contributed by atoms with Crippen molar-refractivity contribution in [1.29, 1.82) is 0 Å². The Hall–Kier alpha value is -2.62. The van der Waals surface area contributed by atoms with Gasteiger partial charge < -0.3 is 14.6 Å². The largest absolute Gasteiger partial charge is 0.495 e. The summed E-state index contributed by atoms with van der Waals surface area (Å²) in [5, 5.41) is 9.89. The summed E-state index contributed by atoms with van der Waals surface area (Å²) in [6.45, 7) is 3.10. The number of hydrogen-bond donors (Lipinski definition) is 1. The Morgan fingerprint density at radius 3 is 2.59 bits per heavy atom. The first-order chi connectivity index (χ1) is 19.5. The summed E-state index contributed by atoms with van der Waals surface area (Å²) in [5.41, 5.74) is 0.626. The zero-order valence-electron chi connectivity index (χ0n) is 24.1. The summed E-state index contributed by atoms with van der Waals surface area (Å²) in [6, 6.07) is 10.5. The molecule has 2 aromatic carbocycles. The smallest absolute Gasteiger partial charge is 0.247 e. The Balaban J connectivity index is 1.70. The molecule has 1 N–H and O–H groups in total. The number of fused-ring (bicyclic) bond motifs is 1. The molecule has 11 heteroatoms. The van der Waals surface area contributed by atoms with Crippen LogP contribution in [0, 0.1) is 23.7 Å². The fourth-order valence-electron chi connectivity index (χ4n) is 5.38. The maximum absolute atomic E-state index is 13.7. The number of benzene rings is 2. The Morgan fingerprint density at radius 2 is 1.90 bits per heavy atom. The Bertz CT molecular complexity index is 1490. The molecule has 0 amide bonds. The first kappa shape index (κ1) is 31.3. The van der Waals surface area contributed by atoms with Gasteiger partial charge in [-0.2, -0.15) is 8.61 Å². The number of nitrogens with zero attached hydrogens (tertiary/aromatic N) is 2. The molecule has 1 heterocycles. The lowest BCUT2D eigenvalue weighted by atomic mass is 10.0. The zero-order chi connectivity index (χ0) is 29.8. The molecule has 1 aliphatic heterocycles. The Kier molecular flexibility index (Phi) is 10.0. The normalized spacial score (nSPS) is 22.1. The lowest BCUT2D eigenvalue weighted by Crippen LogP contribution is -2.50. The molecule has 0 radical (unpaired) electrons. The highest BCUT2D eigenvalue weighted by Crippen LogP contribution is 2.35. The summed E-state index contributed by atoms with van der Waals surface area (Å²) in [6.07, 6.45) is 4.94. The van der Waals surface area contributed by atoms with Gasteiger partial charge in [0.15, 0.2) is 0 Å². The monoisotopic (exact) mass is 604 g/mol. The van der Waals surface area contributed by atoms with Crippen LogP contribution in [0.25, 0.3) is 0 Å². The third-order valence-corrected chi connectivity index (χ3v) is 11.8. The van der Waals surface area contributed by atoms with E-state index in [2.05, 4.69) is 11.8 Å². The van der Waals surface area contributed by atoms with E-state index >= 15 is 0 Å². The van der Waals surface area contributed by atoms with Crippen molar-refractivity contribution >= 4 is 20.0 Å². The number of aliphatic hydroxyl groups is 1. The van der Waals surface area contributed by atoms with Crippen LogP contribution in [0.3, 0.4) is 0 Å². The van der Waals surface area contributed by atoms with Gasteiger partial charge in [0, 0.05) is 37.5 Å². The molecule has 0 spiro atoms. The van der Waals surface area contributed by atoms with Gasteiger partial charge in [-0.15, -0.1) is 0 Å². The molecule has 224 valence electrons. The summed E-state index contributed by atoms with van der Waals surface area (Å²) < 4.78 is 68.6. The maximum Gasteiger partial charge on any atom is 0.247 e. The van der Waals surface area contributed by atoms with Gasteiger partial charge >= 0.3 is 0 Å². The van der Waals surface area contributed by atoms with Crippen molar-refractivity contribution in [2.45, 2.75) is 67.9 Å². The van der Waals surface area contributed by atoms with Crippen molar-refractivity contribution in [2.24, 2.45) is 11.8 Å². The van der Waals surface area contributed by atoms with Gasteiger partial charge in [0.05, 0.1) is 20.3 Å². The molecule has 3 atom stereocenters. The standard InChI is InChI=1S/C30H40N2O7S2/c1-22-19-32(23(2)21-33)41(36,37)30-17-16-25(13-9-12-24-10-5-6-11-24)18-27(30)39-28(22)20-31(3)40(34,35)29-15-8-7-14-26(29)38-4/h7-8,14-18,22-24,28,33H,5-6,10-12,19-21H2,1-4H3/t22-,23+,28-/m1/s1. The fraction of sp³-hybridized carbons (Fsp3) is 0.533. The lowest BCUT2D eigenvalue weighted by molar-refractivity contribution is 0.0904. The van der Waals surface area contributed by atoms with Crippen molar-refractivity contribution in [1.82, 2.24) is 8.61 Å². The third-order valence-electron chi connectivity index (χ3n) is 7.96. The van der Waals surface area contributed by atoms with Crippen LogP contribution in [-0.2, 0) is 20.0 Å². The van der Waals surface area contributed by atoms with Crippen LogP contribution in [-0.4, -0.2) is 76.6 Å². The van der Waals surface area contributed by atoms with Crippen molar-refractivity contribution in [3.05, 3.63) is 48.0 Å². The van der Waals surface area contributed by atoms with E-state index in [4.69, 9.17) is 9.47 Å². The van der Waals surface area contributed by atoms with E-state index in [1.54, 1.807) is 37.3 Å². The second kappa shape index (κ2) is 13.1. The van der Waals surface area contributed by atoms with Crippen molar-refractivity contribution in [3.8, 4) is 23.3 Å². The zero-order valence-corrected chi connectivity index (χ0v) is 25.7. The van der Waals surface area contributed by atoms with Crippen molar-refractivity contribution in [2.75, 3.05) is 33.9 Å². The number of sulfonamides is 2. The third kappa shape index (κ3) is 6.89. The molecule has 0 aromatic heterocycles. The molecule has 9 nitrogen and oxygen atoms in total. The average Bonchev–Trinajstić information content (AvgIpc) is 3.48. The number of aliphatic hydroxyl groups excluding tert-OH is 1. The molecule has 0 unspecified atom stereocenters. The van der Waals surface area contributed by atoms with E-state index in [-0.39, 0.29) is 41.0 Å². The molecule has 2 aliphatic rings. The van der Waals surface area contributed by atoms with Gasteiger partial charge in [-0.3, -0.25) is 0 Å².